The maximum Gasteiger partial charge on any atom is 0.247 e. The van der Waals surface area contributed by atoms with Gasteiger partial charge in [-0.15, -0.1) is 0 Å². The lowest BCUT2D eigenvalue weighted by Crippen LogP contribution is -2.65. The van der Waals surface area contributed by atoms with E-state index in [1.807, 2.05) is 0 Å². The molecule has 1 saturated heterocycles. The molecule has 0 aliphatic carbocycles. The predicted molar refractivity (Wildman–Crippen MR) is 77.0 cm³/mol. The van der Waals surface area contributed by atoms with Gasteiger partial charge < -0.3 is 5.73 Å². The summed E-state index contributed by atoms with van der Waals surface area (Å²) >= 11 is 5.75. The van der Waals surface area contributed by atoms with Crippen LogP contribution in [0.1, 0.15) is 13.8 Å². The van der Waals surface area contributed by atoms with Crippen molar-refractivity contribution in [2.45, 2.75) is 24.3 Å². The molecule has 7 nitrogen and oxygen atoms in total. The second-order valence-corrected chi connectivity index (χ2v) is 7.40. The minimum atomic E-state index is -4.11. The number of imide groups is 1. The number of piperazine rings is 1. The van der Waals surface area contributed by atoms with E-state index in [1.54, 1.807) is 0 Å². The molecule has 0 unspecified atom stereocenters. The molecule has 1 aromatic rings. The lowest BCUT2D eigenvalue weighted by molar-refractivity contribution is -0.141. The van der Waals surface area contributed by atoms with Crippen molar-refractivity contribution < 1.29 is 18.0 Å². The van der Waals surface area contributed by atoms with Crippen LogP contribution in [0, 0.1) is 0 Å². The molecule has 21 heavy (non-hydrogen) atoms. The van der Waals surface area contributed by atoms with Gasteiger partial charge in [0, 0.05) is 5.02 Å². The van der Waals surface area contributed by atoms with Gasteiger partial charge in [0.05, 0.1) is 12.2 Å². The monoisotopic (exact) mass is 331 g/mol. The lowest BCUT2D eigenvalue weighted by Gasteiger charge is -2.38. The number of nitrogens with zero attached hydrogens (tertiary/aromatic N) is 1. The van der Waals surface area contributed by atoms with Crippen LogP contribution in [0.15, 0.2) is 23.1 Å². The minimum Gasteiger partial charge on any atom is -0.398 e. The molecular weight excluding hydrogens is 318 g/mol. The van der Waals surface area contributed by atoms with E-state index < -0.39 is 33.9 Å². The van der Waals surface area contributed by atoms with Crippen LogP contribution in [-0.4, -0.2) is 36.6 Å². The number of benzene rings is 1. The number of hydrogen-bond acceptors (Lipinski definition) is 5. The van der Waals surface area contributed by atoms with Crippen LogP contribution in [0.25, 0.3) is 0 Å². The molecule has 0 spiro atoms. The molecule has 2 rings (SSSR count). The quantitative estimate of drug-likeness (QED) is 0.600. The molecule has 3 N–H and O–H groups in total. The zero-order valence-corrected chi connectivity index (χ0v) is 13.0. The van der Waals surface area contributed by atoms with Crippen LogP contribution in [0.4, 0.5) is 5.69 Å². The van der Waals surface area contributed by atoms with Gasteiger partial charge >= 0.3 is 0 Å². The second kappa shape index (κ2) is 4.97. The van der Waals surface area contributed by atoms with Crippen LogP contribution in [0.5, 0.6) is 0 Å². The van der Waals surface area contributed by atoms with Crippen LogP contribution >= 0.6 is 11.6 Å². The van der Waals surface area contributed by atoms with E-state index in [4.69, 9.17) is 17.3 Å². The zero-order chi connectivity index (χ0) is 16.0. The summed E-state index contributed by atoms with van der Waals surface area (Å²) < 4.78 is 26.2. The molecule has 1 fully saturated rings. The van der Waals surface area contributed by atoms with Gasteiger partial charge in [0.1, 0.15) is 10.4 Å². The Labute approximate surface area is 127 Å². The van der Waals surface area contributed by atoms with Crippen molar-refractivity contribution in [2.75, 3.05) is 12.3 Å². The lowest BCUT2D eigenvalue weighted by atomic mass is 10.0. The third kappa shape index (κ3) is 2.61. The van der Waals surface area contributed by atoms with Gasteiger partial charge in [0.15, 0.2) is 0 Å². The summed E-state index contributed by atoms with van der Waals surface area (Å²) in [5.74, 6) is -1.37. The highest BCUT2D eigenvalue weighted by atomic mass is 35.5. The van der Waals surface area contributed by atoms with Gasteiger partial charge in [-0.05, 0) is 32.0 Å². The van der Waals surface area contributed by atoms with E-state index in [0.29, 0.717) is 0 Å². The Kier molecular flexibility index (Phi) is 3.73. The molecule has 0 saturated carbocycles. The Hall–Kier alpha value is -1.64. The maximum atomic E-state index is 12.7. The number of halogens is 1. The first-order valence-electron chi connectivity index (χ1n) is 5.99. The van der Waals surface area contributed by atoms with Gasteiger partial charge in [-0.1, -0.05) is 11.6 Å². The average Bonchev–Trinajstić information content (AvgIpc) is 2.33. The Morgan fingerprint density at radius 2 is 1.95 bits per heavy atom. The number of sulfonamides is 1. The molecule has 0 radical (unpaired) electrons. The number of amides is 2. The van der Waals surface area contributed by atoms with Crippen LogP contribution in [-0.2, 0) is 19.6 Å². The van der Waals surface area contributed by atoms with E-state index in [9.17, 15) is 18.0 Å². The molecule has 114 valence electrons. The number of nitrogen functional groups attached to an aromatic ring is 1. The number of nitrogens with one attached hydrogen (secondary N) is 1. The van der Waals surface area contributed by atoms with E-state index in [0.717, 1.165) is 4.31 Å². The molecule has 2 amide bonds. The highest BCUT2D eigenvalue weighted by Crippen LogP contribution is 2.31. The predicted octanol–water partition coefficient (Wildman–Crippen LogP) is 0.348. The fraction of sp³-hybridized carbons (Fsp3) is 0.333. The third-order valence-corrected chi connectivity index (χ3v) is 5.59. The first kappa shape index (κ1) is 15.7. The third-order valence-electron chi connectivity index (χ3n) is 3.26. The molecule has 0 aromatic heterocycles. The largest absolute Gasteiger partial charge is 0.398 e. The summed E-state index contributed by atoms with van der Waals surface area (Å²) in [6.45, 7) is 2.38. The fourth-order valence-corrected chi connectivity index (χ4v) is 4.00. The molecule has 0 atom stereocenters. The number of carbonyl (C=O) groups is 2. The molecular formula is C12H14ClN3O4S. The molecule has 1 aromatic carbocycles. The topological polar surface area (TPSA) is 110 Å². The van der Waals surface area contributed by atoms with Crippen molar-refractivity contribution in [3.8, 4) is 0 Å². The fourth-order valence-electron chi connectivity index (χ4n) is 2.02. The van der Waals surface area contributed by atoms with Gasteiger partial charge in [-0.3, -0.25) is 14.9 Å². The van der Waals surface area contributed by atoms with Crippen molar-refractivity contribution in [1.82, 2.24) is 9.62 Å². The standard InChI is InChI=1S/C12H14ClN3O4S/c1-12(2)11(18)15-10(17)6-16(12)21(19,20)9-4-3-7(13)5-8(9)14/h3-5H,6,14H2,1-2H3,(H,15,17,18). The highest BCUT2D eigenvalue weighted by Gasteiger charge is 2.48. The first-order valence-corrected chi connectivity index (χ1v) is 7.81. The van der Waals surface area contributed by atoms with Crippen molar-refractivity contribution in [1.29, 1.82) is 0 Å². The summed E-state index contributed by atoms with van der Waals surface area (Å²) in [5.41, 5.74) is 4.25. The Balaban J connectivity index is 2.56. The van der Waals surface area contributed by atoms with Gasteiger partial charge in [0.2, 0.25) is 21.8 Å². The maximum absolute atomic E-state index is 12.7. The first-order chi connectivity index (χ1) is 9.56. The minimum absolute atomic E-state index is 0.0447. The van der Waals surface area contributed by atoms with Gasteiger partial charge in [-0.25, -0.2) is 8.42 Å². The van der Waals surface area contributed by atoms with Gasteiger partial charge in [-0.2, -0.15) is 4.31 Å². The number of anilines is 1. The number of rotatable bonds is 2. The van der Waals surface area contributed by atoms with Crippen molar-refractivity contribution in [3.05, 3.63) is 23.2 Å². The number of nitrogens with two attached hydrogens (primary N) is 1. The van der Waals surface area contributed by atoms with Crippen LogP contribution in [0.2, 0.25) is 5.02 Å². The molecule has 1 aliphatic heterocycles. The van der Waals surface area contributed by atoms with E-state index in [2.05, 4.69) is 5.32 Å². The summed E-state index contributed by atoms with van der Waals surface area (Å²) in [6, 6.07) is 3.93. The van der Waals surface area contributed by atoms with E-state index in [1.165, 1.54) is 32.0 Å². The van der Waals surface area contributed by atoms with Crippen molar-refractivity contribution >= 4 is 39.1 Å². The van der Waals surface area contributed by atoms with Crippen molar-refractivity contribution in [3.63, 3.8) is 0 Å². The SMILES string of the molecule is CC1(C)C(=O)NC(=O)CN1S(=O)(=O)c1ccc(Cl)cc1N. The number of carbonyl (C=O) groups excluding carboxylic acids is 2. The van der Waals surface area contributed by atoms with E-state index >= 15 is 0 Å². The number of hydrogen-bond donors (Lipinski definition) is 2. The average molecular weight is 332 g/mol. The van der Waals surface area contributed by atoms with Crippen LogP contribution < -0.4 is 11.1 Å². The summed E-state index contributed by atoms with van der Waals surface area (Å²) in [5, 5.41) is 2.40. The smallest absolute Gasteiger partial charge is 0.247 e. The summed E-state index contributed by atoms with van der Waals surface area (Å²) in [4.78, 5) is 23.2. The van der Waals surface area contributed by atoms with Crippen molar-refractivity contribution in [2.24, 2.45) is 0 Å². The normalized spacial score (nSPS) is 19.4. The molecule has 1 aliphatic rings. The van der Waals surface area contributed by atoms with Crippen LogP contribution in [0.3, 0.4) is 0 Å². The van der Waals surface area contributed by atoms with Gasteiger partial charge in [0.25, 0.3) is 0 Å². The van der Waals surface area contributed by atoms with E-state index in [-0.39, 0.29) is 15.6 Å². The summed E-state index contributed by atoms with van der Waals surface area (Å²) in [7, 11) is -4.11. The molecule has 1 heterocycles. The summed E-state index contributed by atoms with van der Waals surface area (Å²) in [6.07, 6.45) is 0. The zero-order valence-electron chi connectivity index (χ0n) is 11.4. The molecule has 0 bridgehead atoms. The highest BCUT2D eigenvalue weighted by molar-refractivity contribution is 7.89. The Bertz CT molecular complexity index is 730. The molecule has 9 heteroatoms. The Morgan fingerprint density at radius 3 is 2.52 bits per heavy atom. The second-order valence-electron chi connectivity index (χ2n) is 5.13. The Morgan fingerprint density at radius 1 is 1.33 bits per heavy atom.